The fourth-order valence-electron chi connectivity index (χ4n) is 2.62. The molecule has 2 atom stereocenters. The van der Waals surface area contributed by atoms with Gasteiger partial charge >= 0.3 is 0 Å². The summed E-state index contributed by atoms with van der Waals surface area (Å²) in [4.78, 5) is 0. The zero-order valence-corrected chi connectivity index (χ0v) is 14.6. The van der Waals surface area contributed by atoms with Crippen LogP contribution in [0.4, 0.5) is 0 Å². The van der Waals surface area contributed by atoms with Crippen molar-refractivity contribution in [3.63, 3.8) is 0 Å². The van der Waals surface area contributed by atoms with E-state index in [-0.39, 0.29) is 17.7 Å². The predicted octanol–water partition coefficient (Wildman–Crippen LogP) is 3.79. The lowest BCUT2D eigenvalue weighted by Gasteiger charge is -2.25. The lowest BCUT2D eigenvalue weighted by Crippen LogP contribution is -2.34. The Morgan fingerprint density at radius 1 is 1.50 bits per heavy atom. The maximum Gasteiger partial charge on any atom is 0.214 e. The minimum absolute atomic E-state index is 0.0228. The Morgan fingerprint density at radius 2 is 2.25 bits per heavy atom. The maximum atomic E-state index is 12.5. The molecule has 1 aliphatic rings. The number of benzene rings is 1. The smallest absolute Gasteiger partial charge is 0.212 e. The molecule has 0 N–H and O–H groups in total. The van der Waals surface area contributed by atoms with Gasteiger partial charge in [0.05, 0.1) is 5.75 Å². The molecule has 0 bridgehead atoms. The molecule has 6 heteroatoms. The number of nitrogens with zero attached hydrogens (tertiary/aromatic N) is 1. The van der Waals surface area contributed by atoms with Crippen LogP contribution in [0.5, 0.6) is 0 Å². The summed E-state index contributed by atoms with van der Waals surface area (Å²) in [6, 6.07) is 7.86. The summed E-state index contributed by atoms with van der Waals surface area (Å²) >= 11 is 9.20. The fraction of sp³-hybridized carbons (Fsp3) is 0.571. The van der Waals surface area contributed by atoms with Gasteiger partial charge in [0, 0.05) is 22.9 Å². The van der Waals surface area contributed by atoms with E-state index in [0.717, 1.165) is 22.9 Å². The molecule has 1 aromatic rings. The Morgan fingerprint density at radius 3 is 2.90 bits per heavy atom. The second-order valence-electron chi connectivity index (χ2n) is 5.36. The fourth-order valence-corrected chi connectivity index (χ4v) is 5.33. The second-order valence-corrected chi connectivity index (χ2v) is 8.55. The summed E-state index contributed by atoms with van der Waals surface area (Å²) in [6.45, 7) is 2.48. The summed E-state index contributed by atoms with van der Waals surface area (Å²) < 4.78 is 27.7. The molecule has 1 heterocycles. The second kappa shape index (κ2) is 6.77. The van der Waals surface area contributed by atoms with E-state index < -0.39 is 10.0 Å². The zero-order valence-electron chi connectivity index (χ0n) is 11.4. The highest BCUT2D eigenvalue weighted by Gasteiger charge is 2.35. The van der Waals surface area contributed by atoms with Crippen LogP contribution in [0.1, 0.15) is 31.4 Å². The summed E-state index contributed by atoms with van der Waals surface area (Å²) in [6.07, 6.45) is 1.79. The first-order chi connectivity index (χ1) is 9.44. The van der Waals surface area contributed by atoms with Gasteiger partial charge in [0.2, 0.25) is 10.0 Å². The Bertz CT molecular complexity index is 564. The van der Waals surface area contributed by atoms with Crippen LogP contribution in [0.2, 0.25) is 0 Å². The van der Waals surface area contributed by atoms with Crippen molar-refractivity contribution >= 4 is 37.6 Å². The van der Waals surface area contributed by atoms with Gasteiger partial charge in [-0.3, -0.25) is 0 Å². The number of rotatable bonds is 5. The van der Waals surface area contributed by atoms with E-state index in [4.69, 9.17) is 11.6 Å². The van der Waals surface area contributed by atoms with Crippen LogP contribution in [-0.2, 0) is 10.0 Å². The van der Waals surface area contributed by atoms with Crippen molar-refractivity contribution in [3.05, 3.63) is 34.3 Å². The zero-order chi connectivity index (χ0) is 14.8. The summed E-state index contributed by atoms with van der Waals surface area (Å²) in [7, 11) is -3.25. The van der Waals surface area contributed by atoms with Gasteiger partial charge in [-0.1, -0.05) is 35.0 Å². The predicted molar refractivity (Wildman–Crippen MR) is 86.5 cm³/mol. The van der Waals surface area contributed by atoms with Gasteiger partial charge in [-0.2, -0.15) is 4.31 Å². The number of sulfonamides is 1. The molecule has 1 saturated heterocycles. The largest absolute Gasteiger partial charge is 0.214 e. The lowest BCUT2D eigenvalue weighted by atomic mass is 10.1. The van der Waals surface area contributed by atoms with Crippen LogP contribution in [0.15, 0.2) is 28.7 Å². The number of alkyl halides is 1. The van der Waals surface area contributed by atoms with Crippen molar-refractivity contribution in [2.45, 2.75) is 25.8 Å². The van der Waals surface area contributed by atoms with Crippen molar-refractivity contribution in [1.29, 1.82) is 0 Å². The molecule has 0 aliphatic carbocycles. The van der Waals surface area contributed by atoms with Crippen LogP contribution in [-0.4, -0.2) is 30.9 Å². The minimum Gasteiger partial charge on any atom is -0.212 e. The Labute approximate surface area is 134 Å². The molecule has 1 aliphatic heterocycles. The van der Waals surface area contributed by atoms with Gasteiger partial charge < -0.3 is 0 Å². The standard InChI is InChI=1S/C14H19BrClNO2S/c1-11(9-16)10-20(18,19)17-7-3-6-14(17)12-4-2-5-13(15)8-12/h2,4-5,8,11,14H,3,6-7,9-10H2,1H3. The maximum absolute atomic E-state index is 12.5. The van der Waals surface area contributed by atoms with Crippen LogP contribution in [0.3, 0.4) is 0 Å². The molecule has 20 heavy (non-hydrogen) atoms. The molecule has 112 valence electrons. The van der Waals surface area contributed by atoms with E-state index in [1.807, 2.05) is 31.2 Å². The van der Waals surface area contributed by atoms with E-state index in [9.17, 15) is 8.42 Å². The van der Waals surface area contributed by atoms with E-state index in [0.29, 0.717) is 12.4 Å². The van der Waals surface area contributed by atoms with Crippen LogP contribution in [0.25, 0.3) is 0 Å². The molecule has 2 unspecified atom stereocenters. The molecule has 0 spiro atoms. The van der Waals surface area contributed by atoms with Gasteiger partial charge in [0.25, 0.3) is 0 Å². The quantitative estimate of drug-likeness (QED) is 0.729. The molecular weight excluding hydrogens is 362 g/mol. The first-order valence-corrected chi connectivity index (χ1v) is 9.68. The van der Waals surface area contributed by atoms with E-state index in [2.05, 4.69) is 15.9 Å². The molecule has 0 aromatic heterocycles. The molecule has 0 radical (unpaired) electrons. The average molecular weight is 381 g/mol. The van der Waals surface area contributed by atoms with Crippen molar-refractivity contribution < 1.29 is 8.42 Å². The van der Waals surface area contributed by atoms with E-state index in [1.165, 1.54) is 0 Å². The summed E-state index contributed by atoms with van der Waals surface area (Å²) in [5, 5.41) is 0. The molecule has 0 amide bonds. The first kappa shape index (κ1) is 16.3. The lowest BCUT2D eigenvalue weighted by molar-refractivity contribution is 0.393. The van der Waals surface area contributed by atoms with Gasteiger partial charge in [-0.25, -0.2) is 8.42 Å². The topological polar surface area (TPSA) is 37.4 Å². The number of hydrogen-bond acceptors (Lipinski definition) is 2. The van der Waals surface area contributed by atoms with Crippen LogP contribution in [0, 0.1) is 5.92 Å². The third-order valence-corrected chi connectivity index (χ3v) is 6.71. The van der Waals surface area contributed by atoms with Crippen molar-refractivity contribution in [2.24, 2.45) is 5.92 Å². The molecule has 2 rings (SSSR count). The van der Waals surface area contributed by atoms with Gasteiger partial charge in [0.15, 0.2) is 0 Å². The minimum atomic E-state index is -3.25. The monoisotopic (exact) mass is 379 g/mol. The van der Waals surface area contributed by atoms with Gasteiger partial charge in [-0.15, -0.1) is 11.6 Å². The van der Waals surface area contributed by atoms with Crippen LogP contribution >= 0.6 is 27.5 Å². The molecule has 3 nitrogen and oxygen atoms in total. The molecular formula is C14H19BrClNO2S. The van der Waals surface area contributed by atoms with E-state index in [1.54, 1.807) is 4.31 Å². The normalized spacial score (nSPS) is 22.1. The molecule has 0 saturated carbocycles. The van der Waals surface area contributed by atoms with E-state index >= 15 is 0 Å². The van der Waals surface area contributed by atoms with Crippen molar-refractivity contribution in [3.8, 4) is 0 Å². The molecule has 1 fully saturated rings. The highest BCUT2D eigenvalue weighted by atomic mass is 79.9. The van der Waals surface area contributed by atoms with Gasteiger partial charge in [-0.05, 0) is 36.5 Å². The van der Waals surface area contributed by atoms with Crippen LogP contribution < -0.4 is 0 Å². The molecule has 1 aromatic carbocycles. The Hall–Kier alpha value is -0.100. The SMILES string of the molecule is CC(CCl)CS(=O)(=O)N1CCCC1c1cccc(Br)c1. The summed E-state index contributed by atoms with van der Waals surface area (Å²) in [5.41, 5.74) is 1.05. The number of halogens is 2. The van der Waals surface area contributed by atoms with Crippen molar-refractivity contribution in [2.75, 3.05) is 18.2 Å². The van der Waals surface area contributed by atoms with Gasteiger partial charge in [0.1, 0.15) is 0 Å². The average Bonchev–Trinajstić information content (AvgIpc) is 2.88. The Kier molecular flexibility index (Phi) is 5.51. The van der Waals surface area contributed by atoms with Crippen molar-refractivity contribution in [1.82, 2.24) is 4.31 Å². The third-order valence-electron chi connectivity index (χ3n) is 3.55. The highest BCUT2D eigenvalue weighted by molar-refractivity contribution is 9.10. The Balaban J connectivity index is 2.23. The first-order valence-electron chi connectivity index (χ1n) is 6.75. The highest BCUT2D eigenvalue weighted by Crippen LogP contribution is 2.35. The number of hydrogen-bond donors (Lipinski definition) is 0. The third kappa shape index (κ3) is 3.75. The summed E-state index contributed by atoms with van der Waals surface area (Å²) in [5.74, 6) is 0.473.